The van der Waals surface area contributed by atoms with Gasteiger partial charge < -0.3 is 4.74 Å². The molecule has 1 N–H and O–H groups in total. The normalized spacial score (nSPS) is 11.6. The van der Waals surface area contributed by atoms with Gasteiger partial charge in [-0.1, -0.05) is 24.3 Å². The molecule has 4 nitrogen and oxygen atoms in total. The summed E-state index contributed by atoms with van der Waals surface area (Å²) in [4.78, 5) is 12.2. The van der Waals surface area contributed by atoms with E-state index in [2.05, 4.69) is 4.72 Å². The van der Waals surface area contributed by atoms with Gasteiger partial charge in [-0.25, -0.2) is 13.9 Å². The van der Waals surface area contributed by atoms with Gasteiger partial charge in [-0.3, -0.25) is 4.31 Å². The molecule has 186 valence electrons. The standard InChI is InChI=1S/C22H22F4N2O2S2.FHS/c1-13-15-7-5-6-8-18(15)31-19(13)28(32-27-20(29)30-21(2,3)4)12-14-9-10-17(23)16(11-14)22(24,25)26;1-2/h5-11H,12H2,1-4H3,(H,27,29);2H. The van der Waals surface area contributed by atoms with Crippen molar-refractivity contribution < 1.29 is 31.0 Å². The van der Waals surface area contributed by atoms with Gasteiger partial charge in [0.1, 0.15) is 16.4 Å². The summed E-state index contributed by atoms with van der Waals surface area (Å²) >= 11 is 4.38. The average Bonchev–Trinajstić information content (AvgIpc) is 3.08. The number of rotatable bonds is 5. The van der Waals surface area contributed by atoms with E-state index in [0.29, 0.717) is 0 Å². The van der Waals surface area contributed by atoms with Crippen molar-refractivity contribution in [2.45, 2.75) is 46.0 Å². The van der Waals surface area contributed by atoms with E-state index in [4.69, 9.17) is 4.74 Å². The van der Waals surface area contributed by atoms with Crippen LogP contribution in [0.5, 0.6) is 0 Å². The molecule has 0 saturated carbocycles. The number of aryl methyl sites for hydroxylation is 1. The van der Waals surface area contributed by atoms with E-state index in [9.17, 15) is 26.2 Å². The number of thiophene rings is 1. The molecule has 1 amide bonds. The minimum Gasteiger partial charge on any atom is -0.443 e. The number of carbonyl (C=O) groups is 1. The summed E-state index contributed by atoms with van der Waals surface area (Å²) in [7, 11) is 0. The van der Waals surface area contributed by atoms with E-state index < -0.39 is 29.3 Å². The van der Waals surface area contributed by atoms with Crippen molar-refractivity contribution in [2.24, 2.45) is 0 Å². The van der Waals surface area contributed by atoms with Crippen molar-refractivity contribution in [3.05, 3.63) is 65.0 Å². The number of amides is 1. The Hall–Kier alpha value is -2.18. The average molecular weight is 539 g/mol. The third kappa shape index (κ3) is 7.41. The maximum absolute atomic E-state index is 13.7. The summed E-state index contributed by atoms with van der Waals surface area (Å²) in [5, 5.41) is 1.76. The Labute approximate surface area is 208 Å². The van der Waals surface area contributed by atoms with Gasteiger partial charge in [0, 0.05) is 17.7 Å². The first-order chi connectivity index (χ1) is 15.8. The van der Waals surface area contributed by atoms with E-state index in [0.717, 1.165) is 44.9 Å². The highest BCUT2D eigenvalue weighted by Gasteiger charge is 2.34. The fourth-order valence-electron chi connectivity index (χ4n) is 2.99. The van der Waals surface area contributed by atoms with Gasteiger partial charge in [-0.2, -0.15) is 17.1 Å². The lowest BCUT2D eigenvalue weighted by molar-refractivity contribution is -0.140. The zero-order valence-corrected chi connectivity index (χ0v) is 21.2. The number of nitrogens with zero attached hydrogens (tertiary/aromatic N) is 1. The molecule has 0 saturated heterocycles. The smallest absolute Gasteiger partial charge is 0.419 e. The summed E-state index contributed by atoms with van der Waals surface area (Å²) < 4.78 is 72.9. The zero-order valence-electron chi connectivity index (χ0n) is 18.7. The summed E-state index contributed by atoms with van der Waals surface area (Å²) in [6, 6.07) is 10.6. The number of hydrogen-bond acceptors (Lipinski definition) is 6. The van der Waals surface area contributed by atoms with Crippen LogP contribution in [0.2, 0.25) is 0 Å². The number of hydrogen-bond donors (Lipinski definition) is 2. The number of ether oxygens (including phenoxy) is 1. The number of nitrogens with one attached hydrogen (secondary N) is 1. The van der Waals surface area contributed by atoms with Gasteiger partial charge in [0.15, 0.2) is 0 Å². The molecule has 0 aliphatic carbocycles. The lowest BCUT2D eigenvalue weighted by Crippen LogP contribution is -2.31. The van der Waals surface area contributed by atoms with Crippen LogP contribution < -0.4 is 9.03 Å². The van der Waals surface area contributed by atoms with E-state index in [1.54, 1.807) is 25.1 Å². The van der Waals surface area contributed by atoms with Gasteiger partial charge in [0.05, 0.1) is 24.2 Å². The van der Waals surface area contributed by atoms with Crippen LogP contribution in [0.4, 0.5) is 31.2 Å². The molecule has 2 aromatic carbocycles. The first-order valence-electron chi connectivity index (χ1n) is 9.79. The topological polar surface area (TPSA) is 41.6 Å². The molecule has 3 rings (SSSR count). The Morgan fingerprint density at radius 1 is 1.15 bits per heavy atom. The second kappa shape index (κ2) is 11.5. The maximum atomic E-state index is 13.7. The molecule has 3 aromatic rings. The van der Waals surface area contributed by atoms with Crippen molar-refractivity contribution in [1.82, 2.24) is 4.72 Å². The predicted molar refractivity (Wildman–Crippen MR) is 131 cm³/mol. The first-order valence-corrected chi connectivity index (χ1v) is 11.7. The molecular weight excluding hydrogens is 515 g/mol. The Bertz CT molecular complexity index is 1130. The fourth-order valence-corrected chi connectivity index (χ4v) is 4.99. The van der Waals surface area contributed by atoms with E-state index >= 15 is 0 Å². The molecule has 0 unspecified atom stereocenters. The highest BCUT2D eigenvalue weighted by molar-refractivity contribution is 7.99. The van der Waals surface area contributed by atoms with Gasteiger partial charge >= 0.3 is 12.3 Å². The zero-order chi connectivity index (χ0) is 25.7. The van der Waals surface area contributed by atoms with Crippen LogP contribution in [-0.2, 0) is 17.5 Å². The van der Waals surface area contributed by atoms with Crippen molar-refractivity contribution in [3.63, 3.8) is 0 Å². The molecule has 0 fully saturated rings. The summed E-state index contributed by atoms with van der Waals surface area (Å²) in [5.41, 5.74) is -0.869. The number of alkyl halides is 3. The van der Waals surface area contributed by atoms with Crippen LogP contribution in [0.3, 0.4) is 0 Å². The van der Waals surface area contributed by atoms with Crippen molar-refractivity contribution in [2.75, 3.05) is 4.31 Å². The van der Waals surface area contributed by atoms with Crippen LogP contribution in [0.25, 0.3) is 10.1 Å². The molecule has 1 aromatic heterocycles. The Morgan fingerprint density at radius 3 is 2.38 bits per heavy atom. The summed E-state index contributed by atoms with van der Waals surface area (Å²) in [6.07, 6.45) is -5.48. The third-order valence-electron chi connectivity index (χ3n) is 4.35. The molecule has 0 bridgehead atoms. The SMILES string of the molecule is Cc1c(N(Cc2ccc(F)c(C(F)(F)F)c2)SNC(=O)OC(C)(C)C)sc2ccccc12.FS. The molecule has 1 heterocycles. The summed E-state index contributed by atoms with van der Waals surface area (Å²) in [6.45, 7) is 7.07. The lowest BCUT2D eigenvalue weighted by Gasteiger charge is -2.25. The predicted octanol–water partition coefficient (Wildman–Crippen LogP) is 8.26. The minimum absolute atomic E-state index is 0.00249. The molecule has 0 spiro atoms. The van der Waals surface area contributed by atoms with Crippen LogP contribution in [0.1, 0.15) is 37.5 Å². The molecule has 0 aliphatic rings. The van der Waals surface area contributed by atoms with Crippen molar-refractivity contribution in [3.8, 4) is 0 Å². The second-order valence-corrected chi connectivity index (χ2v) is 9.93. The van der Waals surface area contributed by atoms with Gasteiger partial charge in [-0.15, -0.1) is 11.3 Å². The van der Waals surface area contributed by atoms with E-state index in [1.807, 2.05) is 44.2 Å². The maximum Gasteiger partial charge on any atom is 0.419 e. The Balaban J connectivity index is 0.00000199. The van der Waals surface area contributed by atoms with Gasteiger partial charge in [-0.05, 0) is 62.4 Å². The fraction of sp³-hybridized carbons (Fsp3) is 0.318. The molecule has 12 heteroatoms. The van der Waals surface area contributed by atoms with E-state index in [-0.39, 0.29) is 12.1 Å². The number of carbonyl (C=O) groups excluding carboxylic acids is 1. The second-order valence-electron chi connectivity index (χ2n) is 8.07. The number of benzene rings is 2. The first kappa shape index (κ1) is 28.1. The van der Waals surface area contributed by atoms with Crippen LogP contribution in [0, 0.1) is 12.7 Å². The number of fused-ring (bicyclic) bond motifs is 1. The lowest BCUT2D eigenvalue weighted by atomic mass is 10.1. The van der Waals surface area contributed by atoms with Crippen LogP contribution in [0.15, 0.2) is 42.5 Å². The molecular formula is C22H23F5N2O2S3. The van der Waals surface area contributed by atoms with E-state index in [1.165, 1.54) is 17.4 Å². The summed E-state index contributed by atoms with van der Waals surface area (Å²) in [5.74, 6) is -1.33. The quantitative estimate of drug-likeness (QED) is 0.195. The monoisotopic (exact) mass is 538 g/mol. The third-order valence-corrected chi connectivity index (χ3v) is 6.55. The Kier molecular flexibility index (Phi) is 9.49. The largest absolute Gasteiger partial charge is 0.443 e. The molecule has 0 aliphatic heterocycles. The van der Waals surface area contributed by atoms with Gasteiger partial charge in [0.25, 0.3) is 0 Å². The van der Waals surface area contributed by atoms with Gasteiger partial charge in [0.2, 0.25) is 0 Å². The minimum atomic E-state index is -4.81. The van der Waals surface area contributed by atoms with Crippen LogP contribution in [-0.4, -0.2) is 11.7 Å². The highest BCUT2D eigenvalue weighted by Crippen LogP contribution is 2.41. The number of halogens is 5. The highest BCUT2D eigenvalue weighted by atomic mass is 32.2. The van der Waals surface area contributed by atoms with Crippen molar-refractivity contribution in [1.29, 1.82) is 0 Å². The number of thiol groups is 1. The molecule has 34 heavy (non-hydrogen) atoms. The molecule has 0 radical (unpaired) electrons. The van der Waals surface area contributed by atoms with Crippen molar-refractivity contribution >= 4 is 57.7 Å². The Morgan fingerprint density at radius 2 is 1.79 bits per heavy atom. The molecule has 0 atom stereocenters. The van der Waals surface area contributed by atoms with Crippen LogP contribution >= 0.6 is 36.5 Å². The number of anilines is 1.